The maximum absolute atomic E-state index is 11.1. The van der Waals surface area contributed by atoms with Crippen molar-refractivity contribution < 1.29 is 19.4 Å². The lowest BCUT2D eigenvalue weighted by molar-refractivity contribution is -0.138. The van der Waals surface area contributed by atoms with Crippen LogP contribution < -0.4 is 14.8 Å². The lowest BCUT2D eigenvalue weighted by atomic mass is 10.2. The van der Waals surface area contributed by atoms with Gasteiger partial charge in [-0.05, 0) is 43.6 Å². The molecule has 0 spiro atoms. The zero-order valence-electron chi connectivity index (χ0n) is 13.9. The Morgan fingerprint density at radius 2 is 2.17 bits per heavy atom. The summed E-state index contributed by atoms with van der Waals surface area (Å²) in [6.45, 7) is 3.90. The maximum atomic E-state index is 11.1. The number of thioether (sulfide) groups is 1. The molecule has 2 unspecified atom stereocenters. The van der Waals surface area contributed by atoms with Crippen LogP contribution in [-0.4, -0.2) is 61.1 Å². The molecule has 1 aromatic carbocycles. The Morgan fingerprint density at radius 1 is 1.38 bits per heavy atom. The number of nitrogens with one attached hydrogen (secondary N) is 1. The van der Waals surface area contributed by atoms with E-state index in [1.54, 1.807) is 18.9 Å². The van der Waals surface area contributed by atoms with E-state index in [1.807, 2.05) is 18.2 Å². The third-order valence-electron chi connectivity index (χ3n) is 4.43. The molecule has 2 N–H and O–H groups in total. The molecule has 2 aliphatic rings. The number of nitrogens with zero attached hydrogens (tertiary/aromatic N) is 1. The van der Waals surface area contributed by atoms with Crippen molar-refractivity contribution >= 4 is 17.7 Å². The van der Waals surface area contributed by atoms with Crippen LogP contribution in [0.4, 0.5) is 0 Å². The molecule has 3 rings (SSSR count). The Labute approximate surface area is 146 Å². The normalized spacial score (nSPS) is 24.2. The zero-order valence-corrected chi connectivity index (χ0v) is 14.7. The van der Waals surface area contributed by atoms with Gasteiger partial charge in [0.1, 0.15) is 12.6 Å². The van der Waals surface area contributed by atoms with Crippen molar-refractivity contribution in [1.82, 2.24) is 10.2 Å². The molecule has 2 saturated heterocycles. The third kappa shape index (κ3) is 4.15. The minimum Gasteiger partial charge on any atom is -0.493 e. The van der Waals surface area contributed by atoms with E-state index in [4.69, 9.17) is 14.6 Å². The quantitative estimate of drug-likeness (QED) is 0.777. The van der Waals surface area contributed by atoms with E-state index < -0.39 is 12.0 Å². The largest absolute Gasteiger partial charge is 0.493 e. The van der Waals surface area contributed by atoms with Gasteiger partial charge in [0.05, 0.1) is 12.5 Å². The first-order valence-corrected chi connectivity index (χ1v) is 9.36. The number of ether oxygens (including phenoxy) is 2. The summed E-state index contributed by atoms with van der Waals surface area (Å²) in [6.07, 6.45) is 2.56. The van der Waals surface area contributed by atoms with Crippen LogP contribution in [0.3, 0.4) is 0 Å². The first-order chi connectivity index (χ1) is 11.7. The van der Waals surface area contributed by atoms with E-state index in [0.717, 1.165) is 30.9 Å². The highest BCUT2D eigenvalue weighted by Gasteiger charge is 2.30. The van der Waals surface area contributed by atoms with E-state index in [0.29, 0.717) is 18.1 Å². The van der Waals surface area contributed by atoms with Crippen LogP contribution in [-0.2, 0) is 4.79 Å². The van der Waals surface area contributed by atoms with Crippen LogP contribution in [0.1, 0.15) is 23.8 Å². The van der Waals surface area contributed by atoms with Crippen molar-refractivity contribution in [2.75, 3.05) is 39.1 Å². The number of methoxy groups -OCH3 is 1. The highest BCUT2D eigenvalue weighted by atomic mass is 32.2. The fraction of sp³-hybridized carbons (Fsp3) is 0.588. The average molecular weight is 352 g/mol. The monoisotopic (exact) mass is 352 g/mol. The second kappa shape index (κ2) is 8.09. The number of benzene rings is 1. The number of hydrogen-bond acceptors (Lipinski definition) is 6. The van der Waals surface area contributed by atoms with Crippen LogP contribution in [0.2, 0.25) is 0 Å². The van der Waals surface area contributed by atoms with Crippen LogP contribution in [0, 0.1) is 0 Å². The third-order valence-corrected chi connectivity index (χ3v) is 5.70. The zero-order chi connectivity index (χ0) is 16.9. The van der Waals surface area contributed by atoms with E-state index in [2.05, 4.69) is 10.2 Å². The molecule has 0 aliphatic carbocycles. The number of hydrogen-bond donors (Lipinski definition) is 2. The van der Waals surface area contributed by atoms with Gasteiger partial charge in [-0.15, -0.1) is 11.8 Å². The van der Waals surface area contributed by atoms with Crippen molar-refractivity contribution in [3.05, 3.63) is 23.8 Å². The second-order valence-corrected chi connectivity index (χ2v) is 7.22. The van der Waals surface area contributed by atoms with Gasteiger partial charge in [-0.1, -0.05) is 6.07 Å². The molecule has 0 amide bonds. The first kappa shape index (κ1) is 17.4. The summed E-state index contributed by atoms with van der Waals surface area (Å²) in [5.41, 5.74) is 1.01. The lowest BCUT2D eigenvalue weighted by Gasteiger charge is -2.18. The standard InChI is InChI=1S/C17H24N2O4S/c1-22-15-10-12(16-18-13(11-24-16)17(20)21)4-5-14(15)23-9-8-19-6-2-3-7-19/h4-5,10,13,16,18H,2-3,6-9,11H2,1H3,(H,20,21). The molecule has 1 aromatic rings. The van der Waals surface area contributed by atoms with Gasteiger partial charge in [0.25, 0.3) is 0 Å². The van der Waals surface area contributed by atoms with Crippen LogP contribution >= 0.6 is 11.8 Å². The number of likely N-dealkylation sites (tertiary alicyclic amines) is 1. The fourth-order valence-corrected chi connectivity index (χ4v) is 4.29. The molecule has 0 radical (unpaired) electrons. The summed E-state index contributed by atoms with van der Waals surface area (Å²) >= 11 is 1.60. The van der Waals surface area contributed by atoms with Gasteiger partial charge in [0.15, 0.2) is 11.5 Å². The van der Waals surface area contributed by atoms with Crippen molar-refractivity contribution in [2.45, 2.75) is 24.3 Å². The number of carboxylic acids is 1. The highest BCUT2D eigenvalue weighted by molar-refractivity contribution is 7.99. The molecular weight excluding hydrogens is 328 g/mol. The number of rotatable bonds is 7. The Hall–Kier alpha value is -1.44. The summed E-state index contributed by atoms with van der Waals surface area (Å²) in [6, 6.07) is 5.32. The minimum atomic E-state index is -0.807. The SMILES string of the molecule is COc1cc(C2NC(C(=O)O)CS2)ccc1OCCN1CCCC1. The molecule has 2 atom stereocenters. The van der Waals surface area contributed by atoms with Crippen molar-refractivity contribution in [2.24, 2.45) is 0 Å². The summed E-state index contributed by atoms with van der Waals surface area (Å²) in [5.74, 6) is 1.18. The Morgan fingerprint density at radius 3 is 2.83 bits per heavy atom. The van der Waals surface area contributed by atoms with Gasteiger partial charge in [-0.3, -0.25) is 15.0 Å². The molecule has 0 saturated carbocycles. The predicted octanol–water partition coefficient (Wildman–Crippen LogP) is 1.96. The van der Waals surface area contributed by atoms with Crippen LogP contribution in [0.15, 0.2) is 18.2 Å². The molecule has 0 aromatic heterocycles. The molecule has 2 aliphatic heterocycles. The fourth-order valence-electron chi connectivity index (χ4n) is 3.06. The Kier molecular flexibility index (Phi) is 5.86. The van der Waals surface area contributed by atoms with Gasteiger partial charge >= 0.3 is 5.97 Å². The summed E-state index contributed by atoms with van der Waals surface area (Å²) < 4.78 is 11.3. The lowest BCUT2D eigenvalue weighted by Crippen LogP contribution is -2.33. The summed E-state index contributed by atoms with van der Waals surface area (Å²) in [4.78, 5) is 13.5. The molecule has 2 heterocycles. The second-order valence-electron chi connectivity index (χ2n) is 6.08. The molecule has 6 nitrogen and oxygen atoms in total. The van der Waals surface area contributed by atoms with E-state index in [9.17, 15) is 4.79 Å². The highest BCUT2D eigenvalue weighted by Crippen LogP contribution is 2.37. The van der Waals surface area contributed by atoms with Gasteiger partial charge < -0.3 is 14.6 Å². The van der Waals surface area contributed by atoms with E-state index >= 15 is 0 Å². The van der Waals surface area contributed by atoms with Crippen LogP contribution in [0.25, 0.3) is 0 Å². The first-order valence-electron chi connectivity index (χ1n) is 8.31. The summed E-state index contributed by atoms with van der Waals surface area (Å²) in [7, 11) is 1.63. The molecule has 0 bridgehead atoms. The molecule has 2 fully saturated rings. The predicted molar refractivity (Wildman–Crippen MR) is 93.9 cm³/mol. The van der Waals surface area contributed by atoms with Crippen LogP contribution in [0.5, 0.6) is 11.5 Å². The maximum Gasteiger partial charge on any atom is 0.321 e. The van der Waals surface area contributed by atoms with Gasteiger partial charge in [0, 0.05) is 12.3 Å². The molecular formula is C17H24N2O4S. The molecule has 7 heteroatoms. The summed E-state index contributed by atoms with van der Waals surface area (Å²) in [5, 5.41) is 12.2. The Bertz CT molecular complexity index is 578. The van der Waals surface area contributed by atoms with Crippen molar-refractivity contribution in [1.29, 1.82) is 0 Å². The molecule has 24 heavy (non-hydrogen) atoms. The number of aliphatic carboxylic acids is 1. The van der Waals surface area contributed by atoms with E-state index in [1.165, 1.54) is 12.8 Å². The average Bonchev–Trinajstić information content (AvgIpc) is 3.26. The van der Waals surface area contributed by atoms with Gasteiger partial charge in [0.2, 0.25) is 0 Å². The van der Waals surface area contributed by atoms with Gasteiger partial charge in [-0.2, -0.15) is 0 Å². The Balaban J connectivity index is 1.59. The van der Waals surface area contributed by atoms with Crippen molar-refractivity contribution in [3.8, 4) is 11.5 Å². The molecule has 132 valence electrons. The number of carbonyl (C=O) groups is 1. The minimum absolute atomic E-state index is 0.0290. The smallest absolute Gasteiger partial charge is 0.321 e. The number of carboxylic acid groups (broad SMARTS) is 1. The van der Waals surface area contributed by atoms with E-state index in [-0.39, 0.29) is 5.37 Å². The topological polar surface area (TPSA) is 71.0 Å². The van der Waals surface area contributed by atoms with Crippen molar-refractivity contribution in [3.63, 3.8) is 0 Å². The van der Waals surface area contributed by atoms with Gasteiger partial charge in [-0.25, -0.2) is 0 Å².